The van der Waals surface area contributed by atoms with Gasteiger partial charge in [0.15, 0.2) is 0 Å². The number of hydrogen-bond acceptors (Lipinski definition) is 4. The lowest BCUT2D eigenvalue weighted by atomic mass is 9.64. The molecule has 2 unspecified atom stereocenters. The van der Waals surface area contributed by atoms with E-state index in [2.05, 4.69) is 31.2 Å². The Balaban J connectivity index is 1.89. The van der Waals surface area contributed by atoms with E-state index in [0.29, 0.717) is 6.42 Å². The van der Waals surface area contributed by atoms with Crippen molar-refractivity contribution < 1.29 is 14.7 Å². The van der Waals surface area contributed by atoms with Gasteiger partial charge in [-0.2, -0.15) is 0 Å². The number of amides is 1. The summed E-state index contributed by atoms with van der Waals surface area (Å²) >= 11 is 0. The van der Waals surface area contributed by atoms with Crippen molar-refractivity contribution in [2.45, 2.75) is 40.0 Å². The Morgan fingerprint density at radius 2 is 1.87 bits per heavy atom. The molecular weight excluding hydrogens is 292 g/mol. The largest absolute Gasteiger partial charge is 0.497 e. The average Bonchev–Trinajstić information content (AvgIpc) is 2.85. The summed E-state index contributed by atoms with van der Waals surface area (Å²) in [5, 5.41) is 15.9. The zero-order valence-corrected chi connectivity index (χ0v) is 14.1. The Bertz CT molecular complexity index is 665. The van der Waals surface area contributed by atoms with Gasteiger partial charge in [-0.15, -0.1) is 0 Å². The number of fused-ring (bicyclic) bond motifs is 2. The van der Waals surface area contributed by atoms with Crippen LogP contribution in [0.3, 0.4) is 0 Å². The Labute approximate surface area is 136 Å². The number of carbonyl (C=O) groups excluding carboxylic acids is 1. The molecule has 2 atom stereocenters. The molecule has 2 saturated carbocycles. The number of carbonyl (C=O) groups is 1. The van der Waals surface area contributed by atoms with Gasteiger partial charge in [0.25, 0.3) is 0 Å². The second kappa shape index (κ2) is 4.98. The highest BCUT2D eigenvalue weighted by Gasteiger charge is 2.71. The van der Waals surface area contributed by atoms with Gasteiger partial charge in [-0.3, -0.25) is 4.79 Å². The molecule has 23 heavy (non-hydrogen) atoms. The zero-order valence-electron chi connectivity index (χ0n) is 14.1. The van der Waals surface area contributed by atoms with E-state index in [9.17, 15) is 10.0 Å². The molecule has 3 rings (SSSR count). The van der Waals surface area contributed by atoms with Gasteiger partial charge in [0.2, 0.25) is 5.91 Å². The summed E-state index contributed by atoms with van der Waals surface area (Å²) in [5.41, 5.74) is 0.503. The monoisotopic (exact) mass is 316 g/mol. The van der Waals surface area contributed by atoms with E-state index in [-0.39, 0.29) is 16.7 Å². The van der Waals surface area contributed by atoms with Crippen molar-refractivity contribution in [3.8, 4) is 5.75 Å². The van der Waals surface area contributed by atoms with Crippen molar-refractivity contribution in [1.82, 2.24) is 0 Å². The fraction of sp³-hybridized carbons (Fsp3) is 0.556. The average molecular weight is 316 g/mol. The minimum Gasteiger partial charge on any atom is -0.497 e. The third-order valence-electron chi connectivity index (χ3n) is 6.64. The molecule has 0 spiro atoms. The Hall–Kier alpha value is -2.04. The SMILES string of the molecule is COc1ccc(NC(=O)C23CCC(C)(/C(=N/O)C2)C3(C)C)cc1. The van der Waals surface area contributed by atoms with Gasteiger partial charge >= 0.3 is 0 Å². The first kappa shape index (κ1) is 15.8. The van der Waals surface area contributed by atoms with Crippen LogP contribution in [0.2, 0.25) is 0 Å². The topological polar surface area (TPSA) is 70.9 Å². The maximum atomic E-state index is 13.1. The molecule has 5 nitrogen and oxygen atoms in total. The van der Waals surface area contributed by atoms with Crippen molar-refractivity contribution >= 4 is 17.3 Å². The van der Waals surface area contributed by atoms with E-state index in [4.69, 9.17) is 4.74 Å². The van der Waals surface area contributed by atoms with Crippen LogP contribution in [0.4, 0.5) is 5.69 Å². The van der Waals surface area contributed by atoms with Crippen LogP contribution in [0, 0.1) is 16.2 Å². The predicted molar refractivity (Wildman–Crippen MR) is 89.0 cm³/mol. The van der Waals surface area contributed by atoms with Gasteiger partial charge in [0.05, 0.1) is 18.2 Å². The van der Waals surface area contributed by atoms with Crippen molar-refractivity contribution in [1.29, 1.82) is 0 Å². The molecule has 2 aliphatic rings. The quantitative estimate of drug-likeness (QED) is 0.660. The zero-order chi connectivity index (χ0) is 16.9. The number of nitrogens with one attached hydrogen (secondary N) is 1. The lowest BCUT2D eigenvalue weighted by Gasteiger charge is -2.39. The van der Waals surface area contributed by atoms with Crippen molar-refractivity contribution in [2.24, 2.45) is 21.4 Å². The van der Waals surface area contributed by atoms with Crippen LogP contribution in [0.25, 0.3) is 0 Å². The fourth-order valence-electron chi connectivity index (χ4n) is 4.46. The maximum Gasteiger partial charge on any atom is 0.231 e. The number of hydrogen-bond donors (Lipinski definition) is 2. The summed E-state index contributed by atoms with van der Waals surface area (Å²) in [6.45, 7) is 6.34. The second-order valence-electron chi connectivity index (χ2n) is 7.45. The molecule has 0 aliphatic heterocycles. The fourth-order valence-corrected chi connectivity index (χ4v) is 4.46. The highest BCUT2D eigenvalue weighted by Crippen LogP contribution is 2.71. The van der Waals surface area contributed by atoms with Crippen LogP contribution in [-0.2, 0) is 4.79 Å². The highest BCUT2D eigenvalue weighted by atomic mass is 16.5. The molecule has 2 N–H and O–H groups in total. The molecule has 2 fully saturated rings. The number of oxime groups is 1. The minimum absolute atomic E-state index is 0.00930. The summed E-state index contributed by atoms with van der Waals surface area (Å²) in [6.07, 6.45) is 2.21. The Morgan fingerprint density at radius 3 is 2.39 bits per heavy atom. The number of methoxy groups -OCH3 is 1. The van der Waals surface area contributed by atoms with Crippen LogP contribution in [0.1, 0.15) is 40.0 Å². The number of anilines is 1. The van der Waals surface area contributed by atoms with E-state index >= 15 is 0 Å². The summed E-state index contributed by atoms with van der Waals surface area (Å²) in [6, 6.07) is 7.33. The smallest absolute Gasteiger partial charge is 0.231 e. The van der Waals surface area contributed by atoms with Gasteiger partial charge in [-0.1, -0.05) is 25.9 Å². The third kappa shape index (κ3) is 1.92. The van der Waals surface area contributed by atoms with E-state index in [1.54, 1.807) is 7.11 Å². The lowest BCUT2D eigenvalue weighted by molar-refractivity contribution is -0.130. The summed E-state index contributed by atoms with van der Waals surface area (Å²) in [4.78, 5) is 13.1. The molecule has 0 aromatic heterocycles. The first-order valence-corrected chi connectivity index (χ1v) is 7.98. The molecule has 124 valence electrons. The van der Waals surface area contributed by atoms with Gasteiger partial charge in [-0.05, 0) is 42.5 Å². The standard InChI is InChI=1S/C18H24N2O3/c1-16(2)17(3)9-10-18(16,11-14(17)20-22)15(21)19-12-5-7-13(23-4)8-6-12/h5-8,22H,9-11H2,1-4H3,(H,19,21)/b20-14+. The summed E-state index contributed by atoms with van der Waals surface area (Å²) in [7, 11) is 1.61. The molecule has 1 amide bonds. The second-order valence-corrected chi connectivity index (χ2v) is 7.45. The van der Waals surface area contributed by atoms with E-state index in [1.165, 1.54) is 0 Å². The van der Waals surface area contributed by atoms with E-state index < -0.39 is 5.41 Å². The van der Waals surface area contributed by atoms with Crippen LogP contribution < -0.4 is 10.1 Å². The predicted octanol–water partition coefficient (Wildman–Crippen LogP) is 3.68. The number of benzene rings is 1. The van der Waals surface area contributed by atoms with Crippen LogP contribution in [0.5, 0.6) is 5.75 Å². The van der Waals surface area contributed by atoms with Crippen molar-refractivity contribution in [3.63, 3.8) is 0 Å². The summed E-state index contributed by atoms with van der Waals surface area (Å²) in [5.74, 6) is 0.764. The Kier molecular flexibility index (Phi) is 3.43. The third-order valence-corrected chi connectivity index (χ3v) is 6.64. The summed E-state index contributed by atoms with van der Waals surface area (Å²) < 4.78 is 5.14. The first-order chi connectivity index (χ1) is 10.8. The molecule has 2 aliphatic carbocycles. The van der Waals surface area contributed by atoms with Crippen LogP contribution >= 0.6 is 0 Å². The molecule has 1 aromatic rings. The molecule has 2 bridgehead atoms. The first-order valence-electron chi connectivity index (χ1n) is 7.98. The molecule has 0 radical (unpaired) electrons. The molecule has 0 saturated heterocycles. The normalized spacial score (nSPS) is 33.0. The number of nitrogens with zero attached hydrogens (tertiary/aromatic N) is 1. The van der Waals surface area contributed by atoms with Gasteiger partial charge in [0, 0.05) is 17.5 Å². The molecular formula is C18H24N2O3. The molecule has 1 aromatic carbocycles. The van der Waals surface area contributed by atoms with Gasteiger partial charge < -0.3 is 15.3 Å². The van der Waals surface area contributed by atoms with Crippen LogP contribution in [0.15, 0.2) is 29.4 Å². The van der Waals surface area contributed by atoms with Crippen molar-refractivity contribution in [2.75, 3.05) is 12.4 Å². The number of ether oxygens (including phenoxy) is 1. The van der Waals surface area contributed by atoms with Gasteiger partial charge in [0.1, 0.15) is 5.75 Å². The van der Waals surface area contributed by atoms with Crippen LogP contribution in [-0.4, -0.2) is 23.9 Å². The minimum atomic E-state index is -0.525. The number of rotatable bonds is 3. The molecule has 0 heterocycles. The molecule has 5 heteroatoms. The highest BCUT2D eigenvalue weighted by molar-refractivity contribution is 6.06. The van der Waals surface area contributed by atoms with E-state index in [1.807, 2.05) is 24.3 Å². The van der Waals surface area contributed by atoms with E-state index in [0.717, 1.165) is 30.0 Å². The van der Waals surface area contributed by atoms with Gasteiger partial charge in [-0.25, -0.2) is 0 Å². The lowest BCUT2D eigenvalue weighted by Crippen LogP contribution is -2.43. The van der Waals surface area contributed by atoms with Crippen molar-refractivity contribution in [3.05, 3.63) is 24.3 Å². The maximum absolute atomic E-state index is 13.1. The Morgan fingerprint density at radius 1 is 1.22 bits per heavy atom.